The van der Waals surface area contributed by atoms with E-state index in [2.05, 4.69) is 0 Å². The molecule has 8 nitrogen and oxygen atoms in total. The number of carbonyl (C=O) groups excluding carboxylic acids is 4. The zero-order chi connectivity index (χ0) is 26.9. The first-order valence-electron chi connectivity index (χ1n) is 11.7. The summed E-state index contributed by atoms with van der Waals surface area (Å²) in [5.41, 5.74) is 12.1. The summed E-state index contributed by atoms with van der Waals surface area (Å²) in [5.74, 6) is -4.40. The third kappa shape index (κ3) is 5.13. The predicted octanol–water partition coefficient (Wildman–Crippen LogP) is 2.70. The van der Waals surface area contributed by atoms with Crippen molar-refractivity contribution in [2.45, 2.75) is 37.9 Å². The summed E-state index contributed by atoms with van der Waals surface area (Å²) in [5, 5.41) is 1.62. The van der Waals surface area contributed by atoms with Crippen LogP contribution in [0.2, 0.25) is 5.02 Å². The molecule has 192 valence electrons. The van der Waals surface area contributed by atoms with Crippen molar-refractivity contribution in [3.8, 4) is 0 Å². The van der Waals surface area contributed by atoms with Crippen molar-refractivity contribution in [2.24, 2.45) is 11.5 Å². The van der Waals surface area contributed by atoms with Crippen LogP contribution in [0.4, 0.5) is 4.39 Å². The van der Waals surface area contributed by atoms with Gasteiger partial charge < -0.3 is 21.3 Å². The number of nitrogens with two attached hydrogens (primary N) is 2. The molecule has 0 bridgehead atoms. The molecule has 3 atom stereocenters. The Bertz CT molecular complexity index is 1390. The number of nitrogens with zero attached hydrogens (tertiary/aromatic N) is 2. The minimum Gasteiger partial charge on any atom is -0.368 e. The van der Waals surface area contributed by atoms with E-state index in [1.165, 1.54) is 17.0 Å². The molecule has 4 rings (SSSR count). The van der Waals surface area contributed by atoms with Gasteiger partial charge in [-0.05, 0) is 47.4 Å². The Morgan fingerprint density at radius 1 is 1.08 bits per heavy atom. The average molecular weight is 525 g/mol. The Morgan fingerprint density at radius 3 is 2.46 bits per heavy atom. The van der Waals surface area contributed by atoms with Crippen LogP contribution in [-0.4, -0.2) is 52.1 Å². The first-order chi connectivity index (χ1) is 17.6. The molecule has 0 aromatic heterocycles. The fourth-order valence-electron chi connectivity index (χ4n) is 4.89. The van der Waals surface area contributed by atoms with Crippen LogP contribution in [0.15, 0.2) is 60.7 Å². The van der Waals surface area contributed by atoms with Gasteiger partial charge in [0.1, 0.15) is 17.9 Å². The third-order valence-electron chi connectivity index (χ3n) is 6.76. The van der Waals surface area contributed by atoms with Crippen molar-refractivity contribution in [1.29, 1.82) is 0 Å². The number of halogens is 2. The second kappa shape index (κ2) is 10.6. The van der Waals surface area contributed by atoms with Crippen LogP contribution in [0.25, 0.3) is 10.8 Å². The molecule has 37 heavy (non-hydrogen) atoms. The molecule has 3 aromatic rings. The Morgan fingerprint density at radius 2 is 1.78 bits per heavy atom. The molecule has 10 heteroatoms. The van der Waals surface area contributed by atoms with Crippen LogP contribution in [0.3, 0.4) is 0 Å². The highest BCUT2D eigenvalue weighted by atomic mass is 35.5. The Hall–Kier alpha value is -3.98. The average Bonchev–Trinajstić information content (AvgIpc) is 2.99. The lowest BCUT2D eigenvalue weighted by Crippen LogP contribution is -2.53. The maximum atomic E-state index is 14.1. The summed E-state index contributed by atoms with van der Waals surface area (Å²) in [6, 6.07) is 13.9. The first-order valence-corrected chi connectivity index (χ1v) is 12.1. The number of hydrogen-bond acceptors (Lipinski definition) is 4. The van der Waals surface area contributed by atoms with Gasteiger partial charge in [-0.2, -0.15) is 0 Å². The fraction of sp³-hybridized carbons (Fsp3) is 0.259. The van der Waals surface area contributed by atoms with Crippen molar-refractivity contribution in [1.82, 2.24) is 9.80 Å². The lowest BCUT2D eigenvalue weighted by Gasteiger charge is -2.35. The zero-order valence-electron chi connectivity index (χ0n) is 20.1. The quantitative estimate of drug-likeness (QED) is 0.497. The van der Waals surface area contributed by atoms with Gasteiger partial charge in [0, 0.05) is 19.0 Å². The van der Waals surface area contributed by atoms with E-state index in [1.807, 2.05) is 42.5 Å². The predicted molar refractivity (Wildman–Crippen MR) is 137 cm³/mol. The second-order valence-electron chi connectivity index (χ2n) is 9.08. The second-order valence-corrected chi connectivity index (χ2v) is 9.49. The molecule has 1 aliphatic rings. The van der Waals surface area contributed by atoms with Crippen molar-refractivity contribution in [3.05, 3.63) is 82.6 Å². The zero-order valence-corrected chi connectivity index (χ0v) is 20.8. The van der Waals surface area contributed by atoms with Gasteiger partial charge in [-0.1, -0.05) is 60.1 Å². The molecule has 0 unspecified atom stereocenters. The van der Waals surface area contributed by atoms with Gasteiger partial charge in [0.05, 0.1) is 5.02 Å². The third-order valence-corrected chi connectivity index (χ3v) is 7.05. The minimum atomic E-state index is -1.37. The van der Waals surface area contributed by atoms with Crippen LogP contribution in [0, 0.1) is 5.82 Å². The maximum Gasteiger partial charge on any atom is 0.312 e. The number of rotatable bonds is 5. The lowest BCUT2D eigenvalue weighted by molar-refractivity contribution is -0.152. The van der Waals surface area contributed by atoms with Gasteiger partial charge in [0.15, 0.2) is 0 Å². The minimum absolute atomic E-state index is 0.0896. The van der Waals surface area contributed by atoms with Crippen LogP contribution in [-0.2, 0) is 25.6 Å². The van der Waals surface area contributed by atoms with Gasteiger partial charge in [0.25, 0.3) is 5.91 Å². The normalized spacial score (nSPS) is 18.9. The highest BCUT2D eigenvalue weighted by molar-refractivity contribution is 6.35. The number of carbonyl (C=O) groups is 4. The molecule has 0 radical (unpaired) electrons. The number of hydrogen-bond donors (Lipinski definition) is 2. The van der Waals surface area contributed by atoms with Gasteiger partial charge >= 0.3 is 11.8 Å². The molecule has 1 aliphatic heterocycles. The molecule has 1 saturated heterocycles. The Balaban J connectivity index is 1.80. The van der Waals surface area contributed by atoms with E-state index in [0.29, 0.717) is 0 Å². The van der Waals surface area contributed by atoms with Gasteiger partial charge in [-0.25, -0.2) is 4.39 Å². The topological polar surface area (TPSA) is 127 Å². The molecule has 0 saturated carbocycles. The van der Waals surface area contributed by atoms with Crippen molar-refractivity contribution >= 4 is 46.0 Å². The molecule has 0 spiro atoms. The van der Waals surface area contributed by atoms with Gasteiger partial charge in [0.2, 0.25) is 5.91 Å². The molecule has 0 aliphatic carbocycles. The highest BCUT2D eigenvalue weighted by Crippen LogP contribution is 2.33. The molecule has 4 amide bonds. The summed E-state index contributed by atoms with van der Waals surface area (Å²) in [6.07, 6.45) is 0.382. The van der Waals surface area contributed by atoms with Crippen molar-refractivity contribution in [3.63, 3.8) is 0 Å². The Kier molecular flexibility index (Phi) is 7.45. The number of fused-ring (bicyclic) bond motifs is 1. The van der Waals surface area contributed by atoms with E-state index in [1.54, 1.807) is 6.92 Å². The fourth-order valence-corrected chi connectivity index (χ4v) is 5.08. The molecule has 1 fully saturated rings. The molecule has 1 heterocycles. The summed E-state index contributed by atoms with van der Waals surface area (Å²) in [6.45, 7) is 1.76. The van der Waals surface area contributed by atoms with Gasteiger partial charge in [-0.15, -0.1) is 0 Å². The lowest BCUT2D eigenvalue weighted by atomic mass is 9.96. The van der Waals surface area contributed by atoms with E-state index in [4.69, 9.17) is 23.1 Å². The van der Waals surface area contributed by atoms with Crippen LogP contribution < -0.4 is 11.5 Å². The first kappa shape index (κ1) is 26.1. The van der Waals surface area contributed by atoms with Crippen LogP contribution in [0.1, 0.15) is 30.5 Å². The standard InChI is InChI=1S/C27H26ClFN4O4/c1-15-11-12-32(22(24(30)34)14-17-7-4-6-16-5-2-3-8-19(16)17)26(36)23(33(15)27(37)25(31)35)18-9-10-21(29)20(28)13-18/h2-10,13,15,22-23H,11-12,14H2,1H3,(H2,30,34)(H2,31,35)/t15-,22-,23+/m1/s1. The largest absolute Gasteiger partial charge is 0.368 e. The monoisotopic (exact) mass is 524 g/mol. The molecular formula is C27H26ClFN4O4. The van der Waals surface area contributed by atoms with E-state index in [9.17, 15) is 23.6 Å². The van der Waals surface area contributed by atoms with Crippen LogP contribution in [0.5, 0.6) is 0 Å². The van der Waals surface area contributed by atoms with E-state index < -0.39 is 47.6 Å². The van der Waals surface area contributed by atoms with Crippen molar-refractivity contribution in [2.75, 3.05) is 6.54 Å². The summed E-state index contributed by atoms with van der Waals surface area (Å²) < 4.78 is 13.9. The number of benzene rings is 3. The van der Waals surface area contributed by atoms with E-state index in [0.717, 1.165) is 27.3 Å². The highest BCUT2D eigenvalue weighted by Gasteiger charge is 2.44. The number of primary amides is 2. The van der Waals surface area contributed by atoms with Gasteiger partial charge in [-0.3, -0.25) is 19.2 Å². The van der Waals surface area contributed by atoms with E-state index in [-0.39, 0.29) is 30.0 Å². The molecule has 3 aromatic carbocycles. The maximum absolute atomic E-state index is 14.1. The summed E-state index contributed by atoms with van der Waals surface area (Å²) >= 11 is 5.99. The van der Waals surface area contributed by atoms with E-state index >= 15 is 0 Å². The molecular weight excluding hydrogens is 499 g/mol. The smallest absolute Gasteiger partial charge is 0.312 e. The number of amides is 4. The summed E-state index contributed by atoms with van der Waals surface area (Å²) in [4.78, 5) is 54.0. The Labute approximate surface area is 217 Å². The SMILES string of the molecule is C[C@@H]1CCN([C@H](Cc2cccc3ccccc23)C(N)=O)C(=O)[C@H](c2ccc(F)c(Cl)c2)N1C(=O)C(N)=O. The van der Waals surface area contributed by atoms with Crippen molar-refractivity contribution < 1.29 is 23.6 Å². The van der Waals surface area contributed by atoms with Crippen LogP contribution >= 0.6 is 11.6 Å². The molecule has 4 N–H and O–H groups in total. The summed E-state index contributed by atoms with van der Waals surface area (Å²) in [7, 11) is 0.